The van der Waals surface area contributed by atoms with E-state index in [9.17, 15) is 0 Å². The standard InChI is InChI=1S/C22H37ClN4OSi/c1-14(2)29(15(3)4,16(5)6)28-13-18-8-10-19(11-9-18)27-21-20(17(7)26-27)12-24-22(23)25-21/h12,14-16,18-19H,8-11,13H2,1-7H3/t18-,19-. The van der Waals surface area contributed by atoms with Crippen LogP contribution in [0.2, 0.25) is 21.9 Å². The van der Waals surface area contributed by atoms with E-state index in [1.165, 1.54) is 12.8 Å². The Morgan fingerprint density at radius 2 is 1.66 bits per heavy atom. The van der Waals surface area contributed by atoms with Crippen LogP contribution in [0.4, 0.5) is 0 Å². The molecule has 0 atom stereocenters. The van der Waals surface area contributed by atoms with Gasteiger partial charge in [0.05, 0.1) is 17.1 Å². The molecule has 2 heterocycles. The van der Waals surface area contributed by atoms with Crippen molar-refractivity contribution in [3.8, 4) is 0 Å². The summed E-state index contributed by atoms with van der Waals surface area (Å²) in [5, 5.41) is 6.06. The molecule has 1 aliphatic carbocycles. The van der Waals surface area contributed by atoms with Gasteiger partial charge in [0.15, 0.2) is 14.0 Å². The van der Waals surface area contributed by atoms with E-state index < -0.39 is 8.32 Å². The molecular weight excluding hydrogens is 400 g/mol. The van der Waals surface area contributed by atoms with E-state index in [-0.39, 0.29) is 5.28 Å². The molecule has 1 fully saturated rings. The predicted octanol–water partition coefficient (Wildman–Crippen LogP) is 6.71. The van der Waals surface area contributed by atoms with Gasteiger partial charge in [-0.25, -0.2) is 9.67 Å². The summed E-state index contributed by atoms with van der Waals surface area (Å²) in [4.78, 5) is 8.57. The SMILES string of the molecule is Cc1nn([C@H]2CC[C@H](CO[Si](C(C)C)(C(C)C)C(C)C)CC2)c2nc(Cl)ncc12. The van der Waals surface area contributed by atoms with Crippen LogP contribution in [-0.2, 0) is 4.43 Å². The molecule has 0 saturated heterocycles. The van der Waals surface area contributed by atoms with Gasteiger partial charge in [0.25, 0.3) is 0 Å². The van der Waals surface area contributed by atoms with E-state index in [1.807, 2.05) is 6.92 Å². The normalized spacial score (nSPS) is 21.1. The van der Waals surface area contributed by atoms with Crippen LogP contribution in [0.5, 0.6) is 0 Å². The van der Waals surface area contributed by atoms with Gasteiger partial charge in [0.2, 0.25) is 5.28 Å². The van der Waals surface area contributed by atoms with Crippen LogP contribution in [0.15, 0.2) is 6.20 Å². The van der Waals surface area contributed by atoms with Crippen molar-refractivity contribution < 1.29 is 4.43 Å². The molecule has 0 spiro atoms. The Hall–Kier alpha value is -0.983. The van der Waals surface area contributed by atoms with Gasteiger partial charge >= 0.3 is 0 Å². The van der Waals surface area contributed by atoms with Crippen molar-refractivity contribution in [2.24, 2.45) is 5.92 Å². The molecule has 1 saturated carbocycles. The molecule has 0 radical (unpaired) electrons. The summed E-state index contributed by atoms with van der Waals surface area (Å²) in [6, 6.07) is 0.385. The number of hydrogen-bond donors (Lipinski definition) is 0. The molecule has 7 heteroatoms. The summed E-state index contributed by atoms with van der Waals surface area (Å²) in [7, 11) is -1.78. The third-order valence-corrected chi connectivity index (χ3v) is 13.3. The average Bonchev–Trinajstić information content (AvgIpc) is 2.97. The van der Waals surface area contributed by atoms with Crippen LogP contribution in [-0.4, -0.2) is 34.7 Å². The number of hydrogen-bond acceptors (Lipinski definition) is 4. The van der Waals surface area contributed by atoms with E-state index in [0.717, 1.165) is 36.2 Å². The first-order valence-electron chi connectivity index (χ1n) is 11.2. The second-order valence-corrected chi connectivity index (χ2v) is 15.5. The number of aryl methyl sites for hydroxylation is 1. The molecule has 0 N–H and O–H groups in total. The Labute approximate surface area is 181 Å². The van der Waals surface area contributed by atoms with Gasteiger partial charge in [-0.3, -0.25) is 0 Å². The van der Waals surface area contributed by atoms with E-state index in [2.05, 4.69) is 56.2 Å². The first-order valence-corrected chi connectivity index (χ1v) is 13.7. The molecule has 1 aliphatic rings. The summed E-state index contributed by atoms with van der Waals surface area (Å²) in [5.74, 6) is 0.649. The minimum atomic E-state index is -1.78. The summed E-state index contributed by atoms with van der Waals surface area (Å²) >= 11 is 6.05. The van der Waals surface area contributed by atoms with Gasteiger partial charge in [-0.2, -0.15) is 10.1 Å². The van der Waals surface area contributed by atoms with Crippen LogP contribution in [0.3, 0.4) is 0 Å². The zero-order valence-corrected chi connectivity index (χ0v) is 20.8. The molecular formula is C22H37ClN4OSi. The average molecular weight is 437 g/mol. The largest absolute Gasteiger partial charge is 0.416 e. The van der Waals surface area contributed by atoms with Crippen molar-refractivity contribution in [3.05, 3.63) is 17.2 Å². The second-order valence-electron chi connectivity index (χ2n) is 9.71. The maximum Gasteiger partial charge on any atom is 0.224 e. The van der Waals surface area contributed by atoms with Gasteiger partial charge in [0, 0.05) is 12.8 Å². The number of rotatable bonds is 7. The minimum Gasteiger partial charge on any atom is -0.416 e. The highest BCUT2D eigenvalue weighted by Gasteiger charge is 2.45. The van der Waals surface area contributed by atoms with Crippen molar-refractivity contribution in [2.45, 2.75) is 96.8 Å². The molecule has 29 heavy (non-hydrogen) atoms. The number of aromatic nitrogens is 4. The number of fused-ring (bicyclic) bond motifs is 1. The lowest BCUT2D eigenvalue weighted by molar-refractivity contribution is 0.165. The van der Waals surface area contributed by atoms with Crippen molar-refractivity contribution >= 4 is 31.0 Å². The Bertz CT molecular complexity index is 806. The number of nitrogens with zero attached hydrogens (tertiary/aromatic N) is 4. The minimum absolute atomic E-state index is 0.290. The Balaban J connectivity index is 1.66. The highest BCUT2D eigenvalue weighted by atomic mass is 35.5. The van der Waals surface area contributed by atoms with Gasteiger partial charge in [-0.15, -0.1) is 0 Å². The molecule has 0 bridgehead atoms. The molecule has 162 valence electrons. The van der Waals surface area contributed by atoms with Crippen LogP contribution in [0, 0.1) is 12.8 Å². The second kappa shape index (κ2) is 9.02. The van der Waals surface area contributed by atoms with E-state index in [0.29, 0.717) is 28.6 Å². The molecule has 0 unspecified atom stereocenters. The summed E-state index contributed by atoms with van der Waals surface area (Å²) < 4.78 is 8.95. The molecule has 0 aliphatic heterocycles. The lowest BCUT2D eigenvalue weighted by Gasteiger charge is -2.43. The van der Waals surface area contributed by atoms with Crippen molar-refractivity contribution in [3.63, 3.8) is 0 Å². The smallest absolute Gasteiger partial charge is 0.224 e. The van der Waals surface area contributed by atoms with Gasteiger partial charge in [0.1, 0.15) is 0 Å². The summed E-state index contributed by atoms with van der Waals surface area (Å²) in [6.45, 7) is 17.1. The Morgan fingerprint density at radius 1 is 1.07 bits per heavy atom. The molecule has 0 amide bonds. The van der Waals surface area contributed by atoms with E-state index >= 15 is 0 Å². The lowest BCUT2D eigenvalue weighted by atomic mass is 9.87. The summed E-state index contributed by atoms with van der Waals surface area (Å²) in [6.07, 6.45) is 6.39. The molecule has 5 nitrogen and oxygen atoms in total. The quantitative estimate of drug-likeness (QED) is 0.357. The van der Waals surface area contributed by atoms with Crippen LogP contribution in [0.1, 0.15) is 79.0 Å². The maximum atomic E-state index is 6.86. The van der Waals surface area contributed by atoms with Gasteiger partial charge in [-0.1, -0.05) is 41.5 Å². The van der Waals surface area contributed by atoms with Crippen LogP contribution >= 0.6 is 11.6 Å². The molecule has 3 rings (SSSR count). The zero-order chi connectivity index (χ0) is 21.3. The first-order chi connectivity index (χ1) is 13.7. The Morgan fingerprint density at radius 3 is 2.21 bits per heavy atom. The highest BCUT2D eigenvalue weighted by molar-refractivity contribution is 6.77. The fraction of sp³-hybridized carbons (Fsp3) is 0.773. The third-order valence-electron chi connectivity index (χ3n) is 7.04. The third kappa shape index (κ3) is 4.40. The molecule has 0 aromatic carbocycles. The van der Waals surface area contributed by atoms with Crippen LogP contribution in [0.25, 0.3) is 11.0 Å². The maximum absolute atomic E-state index is 6.86. The molecule has 2 aromatic heterocycles. The fourth-order valence-corrected chi connectivity index (χ4v) is 11.3. The monoisotopic (exact) mass is 436 g/mol. The predicted molar refractivity (Wildman–Crippen MR) is 123 cm³/mol. The van der Waals surface area contributed by atoms with E-state index in [4.69, 9.17) is 21.1 Å². The highest BCUT2D eigenvalue weighted by Crippen LogP contribution is 2.43. The van der Waals surface area contributed by atoms with Crippen LogP contribution < -0.4 is 0 Å². The topological polar surface area (TPSA) is 52.8 Å². The van der Waals surface area contributed by atoms with Crippen molar-refractivity contribution in [2.75, 3.05) is 6.61 Å². The zero-order valence-electron chi connectivity index (χ0n) is 19.1. The molecule has 2 aromatic rings. The number of halogens is 1. The van der Waals surface area contributed by atoms with Crippen molar-refractivity contribution in [1.29, 1.82) is 0 Å². The van der Waals surface area contributed by atoms with Crippen molar-refractivity contribution in [1.82, 2.24) is 19.7 Å². The van der Waals surface area contributed by atoms with Gasteiger partial charge < -0.3 is 4.43 Å². The lowest BCUT2D eigenvalue weighted by Crippen LogP contribution is -2.48. The first kappa shape index (κ1) is 22.7. The van der Waals surface area contributed by atoms with Gasteiger partial charge in [-0.05, 0) is 66.7 Å². The Kier molecular flexibility index (Phi) is 7.06. The fourth-order valence-electron chi connectivity index (χ4n) is 5.62. The summed E-state index contributed by atoms with van der Waals surface area (Å²) in [5.41, 5.74) is 3.77. The van der Waals surface area contributed by atoms with E-state index in [1.54, 1.807) is 6.20 Å².